The fraction of sp³-hybridized carbons (Fsp3) is 0.375. The second kappa shape index (κ2) is 6.76. The third kappa shape index (κ3) is 3.86. The van der Waals surface area contributed by atoms with Gasteiger partial charge in [-0.1, -0.05) is 24.1 Å². The number of carbonyl (C=O) groups excluding carboxylic acids is 2. The van der Waals surface area contributed by atoms with Crippen molar-refractivity contribution in [2.24, 2.45) is 0 Å². The Morgan fingerprint density at radius 2 is 2.10 bits per heavy atom. The standard InChI is InChI=1S/C16H17NO3/c1-2-8-17-15(18)11-20-16(19)10-12-6-7-13-4-3-5-14(13)9-12/h1,6-7,9H,3-5,8,10-11H2,(H,17,18). The maximum Gasteiger partial charge on any atom is 0.310 e. The summed E-state index contributed by atoms with van der Waals surface area (Å²) in [5.41, 5.74) is 3.62. The van der Waals surface area contributed by atoms with Gasteiger partial charge in [0.05, 0.1) is 13.0 Å². The first-order valence-corrected chi connectivity index (χ1v) is 6.65. The zero-order chi connectivity index (χ0) is 14.4. The van der Waals surface area contributed by atoms with Crippen molar-refractivity contribution in [1.82, 2.24) is 5.32 Å². The average molecular weight is 271 g/mol. The molecule has 0 aliphatic heterocycles. The smallest absolute Gasteiger partial charge is 0.310 e. The quantitative estimate of drug-likeness (QED) is 0.642. The lowest BCUT2D eigenvalue weighted by molar-refractivity contribution is -0.147. The van der Waals surface area contributed by atoms with Crippen LogP contribution >= 0.6 is 0 Å². The Labute approximate surface area is 118 Å². The highest BCUT2D eigenvalue weighted by Gasteiger charge is 2.13. The van der Waals surface area contributed by atoms with Crippen molar-refractivity contribution in [3.63, 3.8) is 0 Å². The molecule has 1 aliphatic rings. The predicted octanol–water partition coefficient (Wildman–Crippen LogP) is 1.01. The largest absolute Gasteiger partial charge is 0.455 e. The molecular formula is C16H17NO3. The monoisotopic (exact) mass is 271 g/mol. The Bertz CT molecular complexity index is 557. The molecule has 20 heavy (non-hydrogen) atoms. The molecule has 0 heterocycles. The summed E-state index contributed by atoms with van der Waals surface area (Å²) >= 11 is 0. The van der Waals surface area contributed by atoms with Crippen molar-refractivity contribution in [2.75, 3.05) is 13.2 Å². The molecule has 0 saturated heterocycles. The van der Waals surface area contributed by atoms with Crippen LogP contribution in [0.25, 0.3) is 0 Å². The Hall–Kier alpha value is -2.28. The molecule has 0 atom stereocenters. The van der Waals surface area contributed by atoms with Crippen molar-refractivity contribution in [1.29, 1.82) is 0 Å². The molecule has 2 rings (SSSR count). The molecule has 0 saturated carbocycles. The molecule has 4 heteroatoms. The van der Waals surface area contributed by atoms with E-state index in [2.05, 4.69) is 23.4 Å². The molecule has 1 N–H and O–H groups in total. The highest BCUT2D eigenvalue weighted by molar-refractivity contribution is 5.81. The number of aryl methyl sites for hydroxylation is 2. The number of terminal acetylenes is 1. The minimum absolute atomic E-state index is 0.140. The van der Waals surface area contributed by atoms with E-state index in [9.17, 15) is 9.59 Å². The van der Waals surface area contributed by atoms with Crippen molar-refractivity contribution < 1.29 is 14.3 Å². The number of fused-ring (bicyclic) bond motifs is 1. The molecule has 0 spiro atoms. The van der Waals surface area contributed by atoms with Gasteiger partial charge in [-0.15, -0.1) is 6.42 Å². The van der Waals surface area contributed by atoms with E-state index < -0.39 is 5.97 Å². The first-order chi connectivity index (χ1) is 9.69. The van der Waals surface area contributed by atoms with E-state index in [1.54, 1.807) is 0 Å². The van der Waals surface area contributed by atoms with Gasteiger partial charge in [0.1, 0.15) is 0 Å². The maximum atomic E-state index is 11.6. The summed E-state index contributed by atoms with van der Waals surface area (Å²) in [5.74, 6) is 1.49. The van der Waals surface area contributed by atoms with Crippen LogP contribution in [0.2, 0.25) is 0 Å². The van der Waals surface area contributed by atoms with E-state index in [-0.39, 0.29) is 25.5 Å². The summed E-state index contributed by atoms with van der Waals surface area (Å²) < 4.78 is 4.90. The summed E-state index contributed by atoms with van der Waals surface area (Å²) in [6, 6.07) is 6.08. The Kier molecular flexibility index (Phi) is 4.78. The highest BCUT2D eigenvalue weighted by Crippen LogP contribution is 2.23. The van der Waals surface area contributed by atoms with Gasteiger partial charge in [0, 0.05) is 0 Å². The number of amides is 1. The van der Waals surface area contributed by atoms with Crippen LogP contribution in [0, 0.1) is 12.3 Å². The summed E-state index contributed by atoms with van der Waals surface area (Å²) in [5, 5.41) is 2.43. The van der Waals surface area contributed by atoms with E-state index in [4.69, 9.17) is 11.2 Å². The first-order valence-electron chi connectivity index (χ1n) is 6.65. The third-order valence-electron chi connectivity index (χ3n) is 3.26. The van der Waals surface area contributed by atoms with Gasteiger partial charge in [0.15, 0.2) is 6.61 Å². The fourth-order valence-corrected chi connectivity index (χ4v) is 2.30. The second-order valence-corrected chi connectivity index (χ2v) is 4.77. The molecule has 1 amide bonds. The molecule has 0 aromatic heterocycles. The Morgan fingerprint density at radius 1 is 1.30 bits per heavy atom. The normalized spacial score (nSPS) is 12.3. The topological polar surface area (TPSA) is 55.4 Å². The number of carbonyl (C=O) groups is 2. The summed E-state index contributed by atoms with van der Waals surface area (Å²) in [4.78, 5) is 22.9. The van der Waals surface area contributed by atoms with E-state index in [0.29, 0.717) is 0 Å². The zero-order valence-corrected chi connectivity index (χ0v) is 11.3. The number of nitrogens with one attached hydrogen (secondary N) is 1. The van der Waals surface area contributed by atoms with Gasteiger partial charge < -0.3 is 10.1 Å². The molecule has 0 fully saturated rings. The van der Waals surface area contributed by atoms with Crippen LogP contribution in [0.15, 0.2) is 18.2 Å². The van der Waals surface area contributed by atoms with Crippen LogP contribution in [0.5, 0.6) is 0 Å². The maximum absolute atomic E-state index is 11.6. The lowest BCUT2D eigenvalue weighted by Crippen LogP contribution is -2.29. The lowest BCUT2D eigenvalue weighted by Gasteiger charge is -2.06. The molecule has 1 aliphatic carbocycles. The third-order valence-corrected chi connectivity index (χ3v) is 3.26. The minimum atomic E-state index is -0.404. The molecule has 1 aromatic carbocycles. The summed E-state index contributed by atoms with van der Waals surface area (Å²) in [6.45, 7) is -0.146. The fourth-order valence-electron chi connectivity index (χ4n) is 2.30. The molecule has 1 aromatic rings. The van der Waals surface area contributed by atoms with Gasteiger partial charge in [-0.2, -0.15) is 0 Å². The van der Waals surface area contributed by atoms with Crippen LogP contribution in [0.1, 0.15) is 23.1 Å². The van der Waals surface area contributed by atoms with Crippen molar-refractivity contribution in [3.05, 3.63) is 34.9 Å². The molecule has 0 radical (unpaired) electrons. The number of rotatable bonds is 5. The lowest BCUT2D eigenvalue weighted by atomic mass is 10.0. The van der Waals surface area contributed by atoms with Crippen LogP contribution in [0.3, 0.4) is 0 Å². The van der Waals surface area contributed by atoms with Crippen LogP contribution in [0.4, 0.5) is 0 Å². The van der Waals surface area contributed by atoms with Crippen molar-refractivity contribution >= 4 is 11.9 Å². The number of ether oxygens (including phenoxy) is 1. The first kappa shape index (κ1) is 14.1. The number of hydrogen-bond acceptors (Lipinski definition) is 3. The summed E-state index contributed by atoms with van der Waals surface area (Å²) in [7, 11) is 0. The number of benzene rings is 1. The SMILES string of the molecule is C#CCNC(=O)COC(=O)Cc1ccc2c(c1)CCC2. The van der Waals surface area contributed by atoms with E-state index in [1.165, 1.54) is 17.5 Å². The zero-order valence-electron chi connectivity index (χ0n) is 11.3. The van der Waals surface area contributed by atoms with Crippen LogP contribution in [-0.4, -0.2) is 25.0 Å². The average Bonchev–Trinajstić information content (AvgIpc) is 2.90. The Balaban J connectivity index is 1.80. The van der Waals surface area contributed by atoms with Gasteiger partial charge in [0.25, 0.3) is 5.91 Å². The highest BCUT2D eigenvalue weighted by atomic mass is 16.5. The van der Waals surface area contributed by atoms with Gasteiger partial charge >= 0.3 is 5.97 Å². The second-order valence-electron chi connectivity index (χ2n) is 4.77. The van der Waals surface area contributed by atoms with Gasteiger partial charge in [-0.05, 0) is 36.0 Å². The van der Waals surface area contributed by atoms with E-state index in [0.717, 1.165) is 18.4 Å². The molecule has 4 nitrogen and oxygen atoms in total. The predicted molar refractivity (Wildman–Crippen MR) is 75.0 cm³/mol. The van der Waals surface area contributed by atoms with Crippen molar-refractivity contribution in [3.8, 4) is 12.3 Å². The van der Waals surface area contributed by atoms with Crippen molar-refractivity contribution in [2.45, 2.75) is 25.7 Å². The number of esters is 1. The van der Waals surface area contributed by atoms with E-state index in [1.807, 2.05) is 6.07 Å². The molecular weight excluding hydrogens is 254 g/mol. The molecule has 0 bridgehead atoms. The van der Waals surface area contributed by atoms with Gasteiger partial charge in [0.2, 0.25) is 0 Å². The van der Waals surface area contributed by atoms with Crippen LogP contribution < -0.4 is 5.32 Å². The van der Waals surface area contributed by atoms with Crippen LogP contribution in [-0.2, 0) is 33.6 Å². The van der Waals surface area contributed by atoms with Gasteiger partial charge in [-0.3, -0.25) is 9.59 Å². The van der Waals surface area contributed by atoms with Gasteiger partial charge in [-0.25, -0.2) is 0 Å². The summed E-state index contributed by atoms with van der Waals surface area (Å²) in [6.07, 6.45) is 8.57. The number of hydrogen-bond donors (Lipinski definition) is 1. The Morgan fingerprint density at radius 3 is 2.90 bits per heavy atom. The molecule has 104 valence electrons. The minimum Gasteiger partial charge on any atom is -0.455 e. The van der Waals surface area contributed by atoms with E-state index >= 15 is 0 Å². The molecule has 0 unspecified atom stereocenters.